The van der Waals surface area contributed by atoms with Crippen molar-refractivity contribution in [2.75, 3.05) is 0 Å². The first-order valence-electron chi connectivity index (χ1n) is 3.51. The van der Waals surface area contributed by atoms with Gasteiger partial charge in [0, 0.05) is 0 Å². The molecule has 0 aliphatic carbocycles. The molecule has 0 saturated carbocycles. The van der Waals surface area contributed by atoms with Crippen LogP contribution in [0.25, 0.3) is 6.08 Å². The summed E-state index contributed by atoms with van der Waals surface area (Å²) in [6.45, 7) is 4.71. The molecular formula is C9H10AcN. The Morgan fingerprint density at radius 1 is 1.36 bits per heavy atom. The van der Waals surface area contributed by atoms with E-state index in [0.717, 1.165) is 48.8 Å². The molecule has 0 bridgehead atoms. The summed E-state index contributed by atoms with van der Waals surface area (Å²) < 4.78 is 3.28. The topological polar surface area (TPSA) is 12.0 Å². The van der Waals surface area contributed by atoms with Crippen LogP contribution >= 0.6 is 0 Å². The Morgan fingerprint density at radius 2 is 2.00 bits per heavy atom. The van der Waals surface area contributed by atoms with E-state index in [0.29, 0.717) is 0 Å². The third-order valence-electron chi connectivity index (χ3n) is 1.52. The summed E-state index contributed by atoms with van der Waals surface area (Å²) in [6.07, 6.45) is 1.86. The molecule has 0 atom stereocenters. The van der Waals surface area contributed by atoms with Crippen molar-refractivity contribution in [1.82, 2.24) is 0.974 Å². The molecule has 1 aromatic rings. The summed E-state index contributed by atoms with van der Waals surface area (Å²) in [7, 11) is 0. The van der Waals surface area contributed by atoms with Gasteiger partial charge in [-0.15, -0.1) is 0 Å². The fraction of sp³-hybridized carbons (Fsp3) is 0.111. The van der Waals surface area contributed by atoms with Gasteiger partial charge in [0.05, 0.1) is 0 Å². The van der Waals surface area contributed by atoms with Crippen molar-refractivity contribution in [3.63, 3.8) is 0 Å². The number of nitrogens with one attached hydrogen (secondary N) is 1. The molecule has 1 nitrogen and oxygen atoms in total. The second-order valence-electron chi connectivity index (χ2n) is 2.33. The van der Waals surface area contributed by atoms with Crippen LogP contribution in [-0.4, -0.2) is 0 Å². The molecular weight excluding hydrogens is 349 g/mol. The van der Waals surface area contributed by atoms with Gasteiger partial charge in [-0.05, 0) is 0 Å². The zero-order valence-corrected chi connectivity index (χ0v) is 11.1. The van der Waals surface area contributed by atoms with Crippen molar-refractivity contribution in [1.29, 1.82) is 0 Å². The van der Waals surface area contributed by atoms with Crippen LogP contribution in [0.15, 0.2) is 30.8 Å². The number of hydrogen-bond donors (Lipinski definition) is 1. The van der Waals surface area contributed by atoms with Crippen LogP contribution in [0.3, 0.4) is 0 Å². The molecule has 0 saturated heterocycles. The molecule has 0 heterocycles. The zero-order valence-electron chi connectivity index (χ0n) is 6.38. The summed E-state index contributed by atoms with van der Waals surface area (Å²) in [4.78, 5) is 0. The van der Waals surface area contributed by atoms with Crippen LogP contribution in [0.5, 0.6) is 0 Å². The van der Waals surface area contributed by atoms with Gasteiger partial charge in [0.2, 0.25) is 0 Å². The molecule has 0 spiro atoms. The summed E-state index contributed by atoms with van der Waals surface area (Å²) in [5, 5.41) is 0. The van der Waals surface area contributed by atoms with Crippen LogP contribution < -0.4 is 0.974 Å². The first kappa shape index (κ1) is 9.45. The summed E-state index contributed by atoms with van der Waals surface area (Å²) in [5.74, 6) is 0. The maximum atomic E-state index is 3.70. The third-order valence-corrected chi connectivity index (χ3v) is 2.36. The molecule has 54 valence electrons. The van der Waals surface area contributed by atoms with Gasteiger partial charge in [-0.25, -0.2) is 0 Å². The Bertz CT molecular complexity index is 228. The van der Waals surface area contributed by atoms with Crippen molar-refractivity contribution < 1.29 is 42.3 Å². The Kier molecular flexibility index (Phi) is 4.37. The fourth-order valence-corrected chi connectivity index (χ4v) is 1.86. The van der Waals surface area contributed by atoms with Gasteiger partial charge in [0.1, 0.15) is 0 Å². The Morgan fingerprint density at radius 3 is 2.45 bits per heavy atom. The van der Waals surface area contributed by atoms with Crippen molar-refractivity contribution in [2.24, 2.45) is 0 Å². The fourth-order valence-electron chi connectivity index (χ4n) is 0.889. The molecule has 0 amide bonds. The van der Waals surface area contributed by atoms with E-state index in [9.17, 15) is 0 Å². The molecule has 1 aromatic carbocycles. The average Bonchev–Trinajstić information content (AvgIpc) is 2.07. The van der Waals surface area contributed by atoms with E-state index in [1.807, 2.05) is 6.08 Å². The van der Waals surface area contributed by atoms with Crippen LogP contribution in [-0.2, 0) is 6.54 Å². The molecule has 0 radical (unpaired) electrons. The van der Waals surface area contributed by atoms with Crippen LogP contribution in [0.4, 0.5) is 0 Å². The van der Waals surface area contributed by atoms with Gasteiger partial charge in [0.15, 0.2) is 0 Å². The predicted octanol–water partition coefficient (Wildman–Crippen LogP) is 1.88. The van der Waals surface area contributed by atoms with E-state index in [2.05, 4.69) is 31.8 Å². The van der Waals surface area contributed by atoms with Gasteiger partial charge in [-0.2, -0.15) is 0 Å². The first-order valence-corrected chi connectivity index (χ1v) is 5.89. The van der Waals surface area contributed by atoms with Gasteiger partial charge >= 0.3 is 97.9 Å². The normalized spacial score (nSPS) is 9.64. The molecule has 0 aliphatic rings. The quantitative estimate of drug-likeness (QED) is 0.869. The van der Waals surface area contributed by atoms with E-state index in [1.54, 1.807) is 0 Å². The van der Waals surface area contributed by atoms with Crippen LogP contribution in [0.2, 0.25) is 0 Å². The summed E-state index contributed by atoms with van der Waals surface area (Å²) in [6, 6.07) is 8.45. The van der Waals surface area contributed by atoms with Gasteiger partial charge in [-0.1, -0.05) is 0 Å². The van der Waals surface area contributed by atoms with E-state index in [1.165, 1.54) is 11.1 Å². The van der Waals surface area contributed by atoms with Crippen molar-refractivity contribution in [3.8, 4) is 0 Å². The summed E-state index contributed by atoms with van der Waals surface area (Å²) in [5.41, 5.74) is 2.54. The monoisotopic (exact) mass is 359 g/mol. The minimum absolute atomic E-state index is 0.732. The molecule has 0 aliphatic heterocycles. The Balaban J connectivity index is 2.74. The molecule has 0 unspecified atom stereocenters. The molecule has 1 N–H and O–H groups in total. The second-order valence-corrected chi connectivity index (χ2v) is 4.00. The third kappa shape index (κ3) is 3.07. The summed E-state index contributed by atoms with van der Waals surface area (Å²) >= 11 is 0.732. The Labute approximate surface area is 96.7 Å². The zero-order chi connectivity index (χ0) is 8.10. The van der Waals surface area contributed by atoms with E-state index >= 15 is 0 Å². The van der Waals surface area contributed by atoms with Crippen LogP contribution in [0.1, 0.15) is 11.1 Å². The number of rotatable bonds is 3. The first-order chi connectivity index (χ1) is 5.36. The SMILES string of the molecule is C=Cc1ccc(C[NH][Ac])cc1. The van der Waals surface area contributed by atoms with E-state index in [-0.39, 0.29) is 0 Å². The molecule has 0 fully saturated rings. The maximum absolute atomic E-state index is 3.70. The standard InChI is InChI=1S/C9H10N.Ac/c1-2-8-3-5-9(7-10)6-4-8;/h2-6,10H,1,7H2;/q-1;+1. The molecule has 11 heavy (non-hydrogen) atoms. The Hall–Kier alpha value is 0.362. The van der Waals surface area contributed by atoms with Crippen molar-refractivity contribution in [3.05, 3.63) is 42.0 Å². The van der Waals surface area contributed by atoms with Gasteiger partial charge in [0.25, 0.3) is 0 Å². The number of hydrogen-bond acceptors (Lipinski definition) is 1. The molecule has 0 aromatic heterocycles. The average molecular weight is 359 g/mol. The second kappa shape index (κ2) is 5.09. The van der Waals surface area contributed by atoms with Gasteiger partial charge in [-0.3, -0.25) is 0 Å². The van der Waals surface area contributed by atoms with E-state index in [4.69, 9.17) is 0 Å². The molecule has 1 rings (SSSR count). The van der Waals surface area contributed by atoms with Crippen molar-refractivity contribution >= 4 is 6.08 Å². The molecule has 2 heteroatoms. The van der Waals surface area contributed by atoms with Gasteiger partial charge < -0.3 is 0 Å². The van der Waals surface area contributed by atoms with Crippen LogP contribution in [0, 0.1) is 42.3 Å². The van der Waals surface area contributed by atoms with E-state index < -0.39 is 0 Å². The van der Waals surface area contributed by atoms with Crippen molar-refractivity contribution in [2.45, 2.75) is 6.54 Å². The minimum atomic E-state index is 0.732. The predicted molar refractivity (Wildman–Crippen MR) is 43.4 cm³/mol. The number of benzene rings is 1.